The molecular formula is C9H15NO3. The lowest BCUT2D eigenvalue weighted by atomic mass is 9.92. The average Bonchev–Trinajstić information content (AvgIpc) is 2.63. The van der Waals surface area contributed by atoms with E-state index in [1.54, 1.807) is 0 Å². The summed E-state index contributed by atoms with van der Waals surface area (Å²) in [7, 11) is 1.38. The minimum absolute atomic E-state index is 0.244. The number of methoxy groups -OCH3 is 1. The first-order chi connectivity index (χ1) is 6.25. The van der Waals surface area contributed by atoms with E-state index < -0.39 is 5.54 Å². The van der Waals surface area contributed by atoms with Gasteiger partial charge in [-0.3, -0.25) is 4.79 Å². The summed E-state index contributed by atoms with van der Waals surface area (Å²) in [6.45, 7) is 0.827. The third-order valence-electron chi connectivity index (χ3n) is 2.51. The van der Waals surface area contributed by atoms with E-state index in [0.29, 0.717) is 12.8 Å². The molecule has 0 bridgehead atoms. The Morgan fingerprint density at radius 2 is 2.46 bits per heavy atom. The molecule has 4 nitrogen and oxygen atoms in total. The molecule has 1 aliphatic rings. The van der Waals surface area contributed by atoms with E-state index in [4.69, 9.17) is 4.74 Å². The van der Waals surface area contributed by atoms with Gasteiger partial charge < -0.3 is 14.8 Å². The van der Waals surface area contributed by atoms with Gasteiger partial charge in [0.1, 0.15) is 11.8 Å². The fourth-order valence-corrected chi connectivity index (χ4v) is 1.80. The minimum Gasteiger partial charge on any atom is -0.468 e. The second-order valence-corrected chi connectivity index (χ2v) is 3.31. The van der Waals surface area contributed by atoms with Crippen molar-refractivity contribution < 1.29 is 14.3 Å². The number of ether oxygens (including phenoxy) is 1. The van der Waals surface area contributed by atoms with Crippen LogP contribution in [0.1, 0.15) is 25.7 Å². The van der Waals surface area contributed by atoms with E-state index in [9.17, 15) is 9.59 Å². The van der Waals surface area contributed by atoms with E-state index >= 15 is 0 Å². The molecule has 0 amide bonds. The lowest BCUT2D eigenvalue weighted by Gasteiger charge is -2.25. The van der Waals surface area contributed by atoms with Gasteiger partial charge in [-0.25, -0.2) is 0 Å². The molecule has 13 heavy (non-hydrogen) atoms. The van der Waals surface area contributed by atoms with Gasteiger partial charge in [-0.15, -0.1) is 0 Å². The zero-order chi connectivity index (χ0) is 9.73. The summed E-state index contributed by atoms with van der Waals surface area (Å²) in [5.74, 6) is -0.244. The highest BCUT2D eigenvalue weighted by molar-refractivity contribution is 5.81. The summed E-state index contributed by atoms with van der Waals surface area (Å²) in [6.07, 6.45) is 3.53. The molecule has 1 rings (SSSR count). The van der Waals surface area contributed by atoms with E-state index in [1.807, 2.05) is 0 Å². The van der Waals surface area contributed by atoms with Gasteiger partial charge >= 0.3 is 5.97 Å². The van der Waals surface area contributed by atoms with Crippen LogP contribution in [0.15, 0.2) is 0 Å². The number of carbonyl (C=O) groups is 2. The van der Waals surface area contributed by atoms with Crippen molar-refractivity contribution in [3.05, 3.63) is 0 Å². The molecule has 74 valence electrons. The average molecular weight is 185 g/mol. The minimum atomic E-state index is -0.588. The third kappa shape index (κ3) is 2.06. The Hall–Kier alpha value is -0.900. The van der Waals surface area contributed by atoms with Crippen LogP contribution in [0.25, 0.3) is 0 Å². The quantitative estimate of drug-likeness (QED) is 0.504. The number of nitrogens with one attached hydrogen (secondary N) is 1. The van der Waals surface area contributed by atoms with Crippen molar-refractivity contribution in [1.29, 1.82) is 0 Å². The Morgan fingerprint density at radius 1 is 1.69 bits per heavy atom. The molecule has 1 N–H and O–H groups in total. The fourth-order valence-electron chi connectivity index (χ4n) is 1.80. The van der Waals surface area contributed by atoms with Crippen LogP contribution < -0.4 is 5.32 Å². The maximum absolute atomic E-state index is 11.4. The van der Waals surface area contributed by atoms with Gasteiger partial charge in [0.2, 0.25) is 0 Å². The van der Waals surface area contributed by atoms with Crippen molar-refractivity contribution in [2.24, 2.45) is 0 Å². The van der Waals surface area contributed by atoms with Crippen LogP contribution in [-0.4, -0.2) is 31.4 Å². The molecule has 1 aliphatic heterocycles. The number of carbonyl (C=O) groups excluding carboxylic acids is 2. The van der Waals surface area contributed by atoms with Crippen molar-refractivity contribution in [2.75, 3.05) is 13.7 Å². The maximum Gasteiger partial charge on any atom is 0.326 e. The van der Waals surface area contributed by atoms with Gasteiger partial charge in [-0.2, -0.15) is 0 Å². The molecule has 0 spiro atoms. The zero-order valence-electron chi connectivity index (χ0n) is 7.84. The topological polar surface area (TPSA) is 55.4 Å². The first-order valence-electron chi connectivity index (χ1n) is 4.52. The fraction of sp³-hybridized carbons (Fsp3) is 0.778. The van der Waals surface area contributed by atoms with Crippen LogP contribution in [-0.2, 0) is 14.3 Å². The van der Waals surface area contributed by atoms with Crippen molar-refractivity contribution >= 4 is 12.3 Å². The van der Waals surface area contributed by atoms with Crippen LogP contribution in [0.4, 0.5) is 0 Å². The zero-order valence-corrected chi connectivity index (χ0v) is 7.84. The number of esters is 1. The Labute approximate surface area is 77.6 Å². The molecule has 0 aliphatic carbocycles. The normalized spacial score (nSPS) is 27.2. The third-order valence-corrected chi connectivity index (χ3v) is 2.51. The Kier molecular flexibility index (Phi) is 3.42. The number of hydrogen-bond acceptors (Lipinski definition) is 4. The summed E-state index contributed by atoms with van der Waals surface area (Å²) in [4.78, 5) is 21.7. The lowest BCUT2D eigenvalue weighted by molar-refractivity contribution is -0.148. The second-order valence-electron chi connectivity index (χ2n) is 3.31. The molecule has 0 saturated carbocycles. The highest BCUT2D eigenvalue weighted by Crippen LogP contribution is 2.25. The smallest absolute Gasteiger partial charge is 0.326 e. The SMILES string of the molecule is COC(=O)C1(CCC=O)CCCN1. The van der Waals surface area contributed by atoms with Gasteiger partial charge in [0.15, 0.2) is 0 Å². The predicted octanol–water partition coefficient (Wildman–Crippen LogP) is 0.261. The highest BCUT2D eigenvalue weighted by Gasteiger charge is 2.41. The predicted molar refractivity (Wildman–Crippen MR) is 47.3 cm³/mol. The van der Waals surface area contributed by atoms with E-state index in [2.05, 4.69) is 5.32 Å². The van der Waals surface area contributed by atoms with Crippen molar-refractivity contribution in [1.82, 2.24) is 5.32 Å². The van der Waals surface area contributed by atoms with Crippen LogP contribution in [0.3, 0.4) is 0 Å². The van der Waals surface area contributed by atoms with Gasteiger partial charge in [0, 0.05) is 6.42 Å². The monoisotopic (exact) mass is 185 g/mol. The molecule has 1 saturated heterocycles. The maximum atomic E-state index is 11.4. The molecule has 0 aromatic carbocycles. The van der Waals surface area contributed by atoms with Gasteiger partial charge in [-0.05, 0) is 25.8 Å². The van der Waals surface area contributed by atoms with Crippen LogP contribution in [0.5, 0.6) is 0 Å². The van der Waals surface area contributed by atoms with Crippen molar-refractivity contribution in [2.45, 2.75) is 31.2 Å². The van der Waals surface area contributed by atoms with Gasteiger partial charge in [-0.1, -0.05) is 0 Å². The largest absolute Gasteiger partial charge is 0.468 e. The summed E-state index contributed by atoms with van der Waals surface area (Å²) < 4.78 is 4.72. The first-order valence-corrected chi connectivity index (χ1v) is 4.52. The number of rotatable bonds is 4. The van der Waals surface area contributed by atoms with Crippen LogP contribution >= 0.6 is 0 Å². The summed E-state index contributed by atoms with van der Waals surface area (Å²) in [5, 5.41) is 3.12. The summed E-state index contributed by atoms with van der Waals surface area (Å²) in [6, 6.07) is 0. The Balaban J connectivity index is 2.62. The number of hydrogen-bond donors (Lipinski definition) is 1. The Morgan fingerprint density at radius 3 is 2.92 bits per heavy atom. The molecule has 1 unspecified atom stereocenters. The van der Waals surface area contributed by atoms with Gasteiger partial charge in [0.25, 0.3) is 0 Å². The van der Waals surface area contributed by atoms with Crippen molar-refractivity contribution in [3.63, 3.8) is 0 Å². The van der Waals surface area contributed by atoms with E-state index in [-0.39, 0.29) is 5.97 Å². The molecule has 1 heterocycles. The molecule has 1 fully saturated rings. The van der Waals surface area contributed by atoms with Crippen LogP contribution in [0.2, 0.25) is 0 Å². The molecular weight excluding hydrogens is 170 g/mol. The van der Waals surface area contributed by atoms with Gasteiger partial charge in [0.05, 0.1) is 7.11 Å². The number of aldehydes is 1. The highest BCUT2D eigenvalue weighted by atomic mass is 16.5. The Bertz CT molecular complexity index is 197. The molecule has 1 atom stereocenters. The van der Waals surface area contributed by atoms with Crippen molar-refractivity contribution in [3.8, 4) is 0 Å². The molecule has 4 heteroatoms. The summed E-state index contributed by atoms with van der Waals surface area (Å²) in [5.41, 5.74) is -0.588. The first kappa shape index (κ1) is 10.2. The summed E-state index contributed by atoms with van der Waals surface area (Å²) >= 11 is 0. The standard InChI is InChI=1S/C9H15NO3/c1-13-8(12)9(5-3-7-11)4-2-6-10-9/h7,10H,2-6H2,1H3. The molecule has 0 aromatic rings. The lowest BCUT2D eigenvalue weighted by Crippen LogP contribution is -2.48. The van der Waals surface area contributed by atoms with E-state index in [1.165, 1.54) is 7.11 Å². The molecule has 0 aromatic heterocycles. The second kappa shape index (κ2) is 4.37. The van der Waals surface area contributed by atoms with E-state index in [0.717, 1.165) is 25.7 Å². The van der Waals surface area contributed by atoms with Crippen LogP contribution in [0, 0.1) is 0 Å². The molecule has 0 radical (unpaired) electrons.